The molecule has 1 fully saturated rings. The van der Waals surface area contributed by atoms with Gasteiger partial charge in [0.05, 0.1) is 17.3 Å². The summed E-state index contributed by atoms with van der Waals surface area (Å²) in [7, 11) is -2.88. The minimum Gasteiger partial charge on any atom is -0.508 e. The molecule has 1 aliphatic rings. The second-order valence-electron chi connectivity index (χ2n) is 7.36. The monoisotopic (exact) mass is 572 g/mol. The normalized spacial score (nSPS) is 15.1. The van der Waals surface area contributed by atoms with Crippen molar-refractivity contribution in [3.63, 3.8) is 0 Å². The van der Waals surface area contributed by atoms with Crippen LogP contribution in [-0.4, -0.2) is 38.5 Å². The lowest BCUT2D eigenvalue weighted by Gasteiger charge is -2.26. The van der Waals surface area contributed by atoms with Crippen molar-refractivity contribution in [2.24, 2.45) is 0 Å². The molecular formula is C24H17BrN2O8S. The predicted octanol–water partition coefficient (Wildman–Crippen LogP) is 3.60. The zero-order chi connectivity index (χ0) is 26.0. The lowest BCUT2D eigenvalue weighted by atomic mass is 10.1. The molecule has 0 aliphatic carbocycles. The van der Waals surface area contributed by atoms with E-state index < -0.39 is 28.0 Å². The van der Waals surface area contributed by atoms with Gasteiger partial charge >= 0.3 is 16.1 Å². The molecule has 3 aromatic carbocycles. The SMILES string of the molecule is COc1cc(/C=C2\C(=O)NC(=O)N(c3ccc(O)cc3)C2=O)cc(Br)c1OS(=O)(=O)c1ccccc1. The number of urea groups is 1. The first-order chi connectivity index (χ1) is 17.1. The molecule has 0 unspecified atom stereocenters. The van der Waals surface area contributed by atoms with E-state index >= 15 is 0 Å². The summed E-state index contributed by atoms with van der Waals surface area (Å²) in [5.41, 5.74) is 0.0613. The second kappa shape index (κ2) is 9.84. The molecule has 3 aromatic rings. The highest BCUT2D eigenvalue weighted by Crippen LogP contribution is 2.39. The zero-order valence-electron chi connectivity index (χ0n) is 18.5. The number of ether oxygens (including phenoxy) is 1. The van der Waals surface area contributed by atoms with Crippen molar-refractivity contribution in [1.82, 2.24) is 5.32 Å². The minimum atomic E-state index is -4.18. The smallest absolute Gasteiger partial charge is 0.339 e. The zero-order valence-corrected chi connectivity index (χ0v) is 20.9. The van der Waals surface area contributed by atoms with Crippen LogP contribution in [0.15, 0.2) is 81.7 Å². The summed E-state index contributed by atoms with van der Waals surface area (Å²) >= 11 is 3.25. The Kier molecular flexibility index (Phi) is 6.82. The van der Waals surface area contributed by atoms with Gasteiger partial charge in [-0.15, -0.1) is 0 Å². The Morgan fingerprint density at radius 3 is 2.31 bits per heavy atom. The first kappa shape index (κ1) is 24.9. The number of nitrogens with zero attached hydrogens (tertiary/aromatic N) is 1. The van der Waals surface area contributed by atoms with E-state index in [1.807, 2.05) is 0 Å². The van der Waals surface area contributed by atoms with E-state index in [1.165, 1.54) is 61.7 Å². The molecule has 10 nitrogen and oxygen atoms in total. The number of aromatic hydroxyl groups is 1. The fourth-order valence-electron chi connectivity index (χ4n) is 3.31. The predicted molar refractivity (Wildman–Crippen MR) is 132 cm³/mol. The van der Waals surface area contributed by atoms with Crippen molar-refractivity contribution >= 4 is 55.7 Å². The van der Waals surface area contributed by atoms with E-state index in [9.17, 15) is 27.9 Å². The van der Waals surface area contributed by atoms with E-state index in [0.717, 1.165) is 4.90 Å². The second-order valence-corrected chi connectivity index (χ2v) is 9.76. The van der Waals surface area contributed by atoms with Crippen LogP contribution in [0.2, 0.25) is 0 Å². The highest BCUT2D eigenvalue weighted by Gasteiger charge is 2.37. The number of imide groups is 2. The lowest BCUT2D eigenvalue weighted by Crippen LogP contribution is -2.54. The molecule has 0 radical (unpaired) electrons. The van der Waals surface area contributed by atoms with Gasteiger partial charge in [0, 0.05) is 0 Å². The summed E-state index contributed by atoms with van der Waals surface area (Å²) in [6.45, 7) is 0. The Morgan fingerprint density at radius 2 is 1.67 bits per heavy atom. The van der Waals surface area contributed by atoms with Gasteiger partial charge in [-0.2, -0.15) is 8.42 Å². The van der Waals surface area contributed by atoms with Crippen LogP contribution in [0.4, 0.5) is 10.5 Å². The Labute approximate surface area is 214 Å². The molecule has 4 amide bonds. The molecule has 2 N–H and O–H groups in total. The molecular weight excluding hydrogens is 556 g/mol. The molecule has 36 heavy (non-hydrogen) atoms. The maximum Gasteiger partial charge on any atom is 0.339 e. The van der Waals surface area contributed by atoms with Crippen molar-refractivity contribution < 1.29 is 36.8 Å². The Balaban J connectivity index is 1.70. The van der Waals surface area contributed by atoms with Crippen LogP contribution in [0, 0.1) is 0 Å². The van der Waals surface area contributed by atoms with E-state index in [1.54, 1.807) is 18.2 Å². The number of amides is 4. The summed E-state index contributed by atoms with van der Waals surface area (Å²) in [5, 5.41) is 11.6. The number of barbiturate groups is 1. The van der Waals surface area contributed by atoms with E-state index in [-0.39, 0.29) is 43.4 Å². The number of benzene rings is 3. The molecule has 1 saturated heterocycles. The summed E-state index contributed by atoms with van der Waals surface area (Å²) < 4.78 is 36.1. The number of halogens is 1. The number of hydrogen-bond donors (Lipinski definition) is 2. The molecule has 0 spiro atoms. The maximum atomic E-state index is 13.1. The highest BCUT2D eigenvalue weighted by atomic mass is 79.9. The molecule has 0 saturated carbocycles. The molecule has 1 heterocycles. The minimum absolute atomic E-state index is 0.00543. The average Bonchev–Trinajstić information content (AvgIpc) is 2.84. The molecule has 0 aromatic heterocycles. The lowest BCUT2D eigenvalue weighted by molar-refractivity contribution is -0.122. The third-order valence-electron chi connectivity index (χ3n) is 5.00. The molecule has 12 heteroatoms. The topological polar surface area (TPSA) is 139 Å². The Hall–Kier alpha value is -4.16. The third-order valence-corrected chi connectivity index (χ3v) is 6.82. The molecule has 0 bridgehead atoms. The Bertz CT molecular complexity index is 1500. The van der Waals surface area contributed by atoms with Crippen molar-refractivity contribution in [2.75, 3.05) is 12.0 Å². The van der Waals surface area contributed by atoms with Crippen LogP contribution >= 0.6 is 15.9 Å². The van der Waals surface area contributed by atoms with Gasteiger partial charge in [-0.25, -0.2) is 9.69 Å². The summed E-state index contributed by atoms with van der Waals surface area (Å²) in [5.74, 6) is -2.00. The highest BCUT2D eigenvalue weighted by molar-refractivity contribution is 9.10. The van der Waals surface area contributed by atoms with Crippen LogP contribution in [0.1, 0.15) is 5.56 Å². The molecule has 4 rings (SSSR count). The quantitative estimate of drug-likeness (QED) is 0.259. The molecule has 1 aliphatic heterocycles. The fourth-order valence-corrected chi connectivity index (χ4v) is 4.94. The first-order valence-electron chi connectivity index (χ1n) is 10.2. The van der Waals surface area contributed by atoms with Gasteiger partial charge in [0.25, 0.3) is 11.8 Å². The van der Waals surface area contributed by atoms with Gasteiger partial charge in [0.2, 0.25) is 0 Å². The molecule has 184 valence electrons. The summed E-state index contributed by atoms with van der Waals surface area (Å²) in [4.78, 5) is 38.5. The van der Waals surface area contributed by atoms with Crippen molar-refractivity contribution in [1.29, 1.82) is 0 Å². The number of carbonyl (C=O) groups excluding carboxylic acids is 3. The van der Waals surface area contributed by atoms with Gasteiger partial charge in [0.15, 0.2) is 11.5 Å². The maximum absolute atomic E-state index is 13.1. The standard InChI is InChI=1S/C24H17BrN2O8S/c1-34-20-13-14(12-19(25)21(20)35-36(32,33)17-5-3-2-4-6-17)11-18-22(29)26-24(31)27(23(18)30)15-7-9-16(28)10-8-15/h2-13,28H,1H3,(H,26,29,31)/b18-11+. The van der Waals surface area contributed by atoms with Crippen LogP contribution in [0.5, 0.6) is 17.2 Å². The van der Waals surface area contributed by atoms with Gasteiger partial charge < -0.3 is 14.0 Å². The van der Waals surface area contributed by atoms with E-state index in [4.69, 9.17) is 8.92 Å². The van der Waals surface area contributed by atoms with Gasteiger partial charge in [0.1, 0.15) is 16.2 Å². The Morgan fingerprint density at radius 1 is 1.00 bits per heavy atom. The van der Waals surface area contributed by atoms with Crippen LogP contribution in [-0.2, 0) is 19.7 Å². The number of rotatable bonds is 6. The van der Waals surface area contributed by atoms with Crippen molar-refractivity contribution in [3.05, 3.63) is 82.3 Å². The number of nitrogens with one attached hydrogen (secondary N) is 1. The van der Waals surface area contributed by atoms with Crippen LogP contribution in [0.3, 0.4) is 0 Å². The van der Waals surface area contributed by atoms with Gasteiger partial charge in [-0.05, 0) is 76.1 Å². The average molecular weight is 573 g/mol. The number of methoxy groups -OCH3 is 1. The van der Waals surface area contributed by atoms with Gasteiger partial charge in [-0.3, -0.25) is 14.9 Å². The van der Waals surface area contributed by atoms with Crippen LogP contribution in [0.25, 0.3) is 6.08 Å². The van der Waals surface area contributed by atoms with Crippen molar-refractivity contribution in [3.8, 4) is 17.2 Å². The number of phenols is 1. The van der Waals surface area contributed by atoms with E-state index in [0.29, 0.717) is 0 Å². The number of anilines is 1. The number of hydrogen-bond acceptors (Lipinski definition) is 8. The van der Waals surface area contributed by atoms with Gasteiger partial charge in [-0.1, -0.05) is 18.2 Å². The summed E-state index contributed by atoms with van der Waals surface area (Å²) in [6.07, 6.45) is 1.22. The molecule has 0 atom stereocenters. The van der Waals surface area contributed by atoms with E-state index in [2.05, 4.69) is 21.2 Å². The van der Waals surface area contributed by atoms with Crippen LogP contribution < -0.4 is 19.1 Å². The largest absolute Gasteiger partial charge is 0.508 e. The fraction of sp³-hybridized carbons (Fsp3) is 0.0417. The summed E-state index contributed by atoms with van der Waals surface area (Å²) in [6, 6.07) is 14.7. The first-order valence-corrected chi connectivity index (χ1v) is 12.4. The third kappa shape index (κ3) is 4.95. The number of carbonyl (C=O) groups is 3. The van der Waals surface area contributed by atoms with Crippen molar-refractivity contribution in [2.45, 2.75) is 4.90 Å². The number of phenolic OH excluding ortho intramolecular Hbond substituents is 1.